The van der Waals surface area contributed by atoms with Crippen molar-refractivity contribution in [1.29, 1.82) is 0 Å². The summed E-state index contributed by atoms with van der Waals surface area (Å²) in [5, 5.41) is 5.40. The van der Waals surface area contributed by atoms with Crippen LogP contribution in [0.1, 0.15) is 39.4 Å². The Morgan fingerprint density at radius 2 is 1.87 bits per heavy atom. The van der Waals surface area contributed by atoms with Crippen LogP contribution in [-0.2, 0) is 22.3 Å². The topological polar surface area (TPSA) is 118 Å². The predicted octanol–water partition coefficient (Wildman–Crippen LogP) is 4.32. The molecule has 1 aliphatic rings. The number of alkyl halides is 3. The summed E-state index contributed by atoms with van der Waals surface area (Å²) >= 11 is 0. The van der Waals surface area contributed by atoms with E-state index < -0.39 is 34.8 Å². The summed E-state index contributed by atoms with van der Waals surface area (Å²) in [6, 6.07) is 3.91. The van der Waals surface area contributed by atoms with Gasteiger partial charge in [0, 0.05) is 25.2 Å². The molecule has 2 amide bonds. The smallest absolute Gasteiger partial charge is 0.380 e. The van der Waals surface area contributed by atoms with E-state index in [1.165, 1.54) is 24.8 Å². The zero-order valence-electron chi connectivity index (χ0n) is 21.0. The van der Waals surface area contributed by atoms with Gasteiger partial charge in [-0.2, -0.15) is 13.2 Å². The van der Waals surface area contributed by atoms with Crippen LogP contribution >= 0.6 is 0 Å². The second kappa shape index (κ2) is 11.2. The number of amides is 2. The highest BCUT2D eigenvalue weighted by Crippen LogP contribution is 2.36. The van der Waals surface area contributed by atoms with Gasteiger partial charge in [0.25, 0.3) is 5.91 Å². The molecular formula is C26H24F4N6O3. The molecule has 1 aliphatic heterocycles. The highest BCUT2D eigenvalue weighted by Gasteiger charge is 2.41. The van der Waals surface area contributed by atoms with Gasteiger partial charge in [-0.1, -0.05) is 0 Å². The van der Waals surface area contributed by atoms with Crippen LogP contribution < -0.4 is 10.6 Å². The Balaban J connectivity index is 1.44. The second-order valence-electron chi connectivity index (χ2n) is 9.02. The number of hydrogen-bond acceptors (Lipinski definition) is 7. The van der Waals surface area contributed by atoms with Gasteiger partial charge in [0.05, 0.1) is 47.5 Å². The number of carbonyl (C=O) groups excluding carboxylic acids is 2. The van der Waals surface area contributed by atoms with Crippen molar-refractivity contribution in [3.63, 3.8) is 0 Å². The number of aryl methyl sites for hydroxylation is 2. The third-order valence-electron chi connectivity index (χ3n) is 6.13. The third kappa shape index (κ3) is 6.60. The fraction of sp³-hybridized carbons (Fsp3) is 0.308. The summed E-state index contributed by atoms with van der Waals surface area (Å²) in [5.41, 5.74) is -1.11. The van der Waals surface area contributed by atoms with Crippen LogP contribution in [-0.4, -0.2) is 46.2 Å². The Bertz CT molecular complexity index is 1400. The fourth-order valence-corrected chi connectivity index (χ4v) is 3.89. The van der Waals surface area contributed by atoms with Gasteiger partial charge in [-0.05, 0) is 50.1 Å². The highest BCUT2D eigenvalue weighted by atomic mass is 19.4. The predicted molar refractivity (Wildman–Crippen MR) is 133 cm³/mol. The van der Waals surface area contributed by atoms with Crippen LogP contribution in [0, 0.1) is 25.1 Å². The zero-order valence-corrected chi connectivity index (χ0v) is 21.0. The van der Waals surface area contributed by atoms with Gasteiger partial charge in [-0.15, -0.1) is 0 Å². The summed E-state index contributed by atoms with van der Waals surface area (Å²) < 4.78 is 58.7. The molecule has 13 heteroatoms. The Hall–Kier alpha value is -4.26. The highest BCUT2D eigenvalue weighted by molar-refractivity contribution is 6.05. The molecule has 0 bridgehead atoms. The number of carbonyl (C=O) groups is 2. The number of ether oxygens (including phenoxy) is 1. The third-order valence-corrected chi connectivity index (χ3v) is 6.13. The minimum absolute atomic E-state index is 0.0185. The lowest BCUT2D eigenvalue weighted by molar-refractivity contribution is -0.137. The van der Waals surface area contributed by atoms with Crippen molar-refractivity contribution in [2.75, 3.05) is 18.5 Å². The molecule has 1 saturated heterocycles. The van der Waals surface area contributed by atoms with E-state index in [2.05, 4.69) is 30.6 Å². The minimum atomic E-state index is -4.75. The number of nitrogens with one attached hydrogen (secondary N) is 2. The average molecular weight is 545 g/mol. The summed E-state index contributed by atoms with van der Waals surface area (Å²) in [6.45, 7) is 3.73. The Kier molecular flexibility index (Phi) is 8.00. The van der Waals surface area contributed by atoms with Crippen molar-refractivity contribution < 1.29 is 31.9 Å². The van der Waals surface area contributed by atoms with Gasteiger partial charge < -0.3 is 15.4 Å². The van der Waals surface area contributed by atoms with Crippen LogP contribution in [0.25, 0.3) is 0 Å². The lowest BCUT2D eigenvalue weighted by atomic mass is 9.87. The minimum Gasteiger partial charge on any atom is -0.380 e. The Labute approximate surface area is 220 Å². The molecule has 0 radical (unpaired) electrons. The van der Waals surface area contributed by atoms with Gasteiger partial charge in [-0.25, -0.2) is 19.4 Å². The molecule has 1 fully saturated rings. The molecule has 1 atom stereocenters. The van der Waals surface area contributed by atoms with Crippen molar-refractivity contribution in [1.82, 2.24) is 20.3 Å². The largest absolute Gasteiger partial charge is 0.418 e. The molecule has 1 aromatic carbocycles. The summed E-state index contributed by atoms with van der Waals surface area (Å²) in [5.74, 6) is -1.51. The molecule has 3 heterocycles. The Morgan fingerprint density at radius 3 is 2.51 bits per heavy atom. The normalized spacial score (nSPS) is 17.4. The Morgan fingerprint density at radius 1 is 1.13 bits per heavy atom. The van der Waals surface area contributed by atoms with Crippen LogP contribution in [0.15, 0.2) is 47.8 Å². The molecule has 3 aromatic rings. The second-order valence-corrected chi connectivity index (χ2v) is 9.02. The number of pyridine rings is 1. The number of aliphatic imine (C=N–C) groups is 1. The van der Waals surface area contributed by atoms with E-state index in [-0.39, 0.29) is 30.1 Å². The van der Waals surface area contributed by atoms with Crippen LogP contribution in [0.2, 0.25) is 0 Å². The maximum Gasteiger partial charge on any atom is 0.418 e. The van der Waals surface area contributed by atoms with Crippen molar-refractivity contribution in [2.45, 2.75) is 33.0 Å². The van der Waals surface area contributed by atoms with Crippen LogP contribution in [0.4, 0.5) is 28.9 Å². The monoisotopic (exact) mass is 544 g/mol. The molecule has 2 N–H and O–H groups in total. The number of benzene rings is 1. The molecule has 204 valence electrons. The van der Waals surface area contributed by atoms with Crippen molar-refractivity contribution in [3.8, 4) is 0 Å². The SMILES string of the molecule is Cc1ncc(C(=O)N=C[C@@]2(C(=O)NCc3ncc(Nc4ccc(F)cc4C(F)(F)F)cc3C)CCOC2)cn1. The van der Waals surface area contributed by atoms with Gasteiger partial charge in [0.15, 0.2) is 0 Å². The van der Waals surface area contributed by atoms with Gasteiger partial charge in [-0.3, -0.25) is 14.6 Å². The zero-order chi connectivity index (χ0) is 28.2. The average Bonchev–Trinajstić information content (AvgIpc) is 3.38. The fourth-order valence-electron chi connectivity index (χ4n) is 3.89. The molecule has 0 unspecified atom stereocenters. The van der Waals surface area contributed by atoms with Crippen LogP contribution in [0.5, 0.6) is 0 Å². The van der Waals surface area contributed by atoms with E-state index in [1.54, 1.807) is 19.9 Å². The van der Waals surface area contributed by atoms with Crippen molar-refractivity contribution in [3.05, 3.63) is 76.9 Å². The van der Waals surface area contributed by atoms with E-state index in [9.17, 15) is 27.2 Å². The molecule has 0 spiro atoms. The number of rotatable bonds is 7. The van der Waals surface area contributed by atoms with E-state index in [0.29, 0.717) is 36.2 Å². The maximum absolute atomic E-state index is 13.4. The number of halogens is 4. The lowest BCUT2D eigenvalue weighted by Gasteiger charge is -2.21. The van der Waals surface area contributed by atoms with Gasteiger partial charge in [0.1, 0.15) is 17.1 Å². The quantitative estimate of drug-likeness (QED) is 0.336. The first kappa shape index (κ1) is 27.8. The summed E-state index contributed by atoms with van der Waals surface area (Å²) in [7, 11) is 0. The lowest BCUT2D eigenvalue weighted by Crippen LogP contribution is -2.42. The molecule has 39 heavy (non-hydrogen) atoms. The number of anilines is 2. The van der Waals surface area contributed by atoms with Crippen LogP contribution in [0.3, 0.4) is 0 Å². The van der Waals surface area contributed by atoms with E-state index in [0.717, 1.165) is 12.1 Å². The summed E-state index contributed by atoms with van der Waals surface area (Å²) in [4.78, 5) is 41.7. The number of aromatic nitrogens is 3. The van der Waals surface area contributed by atoms with Gasteiger partial charge >= 0.3 is 6.18 Å². The van der Waals surface area contributed by atoms with E-state index in [4.69, 9.17) is 4.74 Å². The van der Waals surface area contributed by atoms with Gasteiger partial charge in [0.2, 0.25) is 5.91 Å². The first-order valence-corrected chi connectivity index (χ1v) is 11.8. The number of hydrogen-bond donors (Lipinski definition) is 2. The van der Waals surface area contributed by atoms with E-state index in [1.807, 2.05) is 0 Å². The molecule has 0 saturated carbocycles. The summed E-state index contributed by atoms with van der Waals surface area (Å²) in [6.07, 6.45) is 0.870. The molecule has 9 nitrogen and oxygen atoms in total. The number of nitrogens with zero attached hydrogens (tertiary/aromatic N) is 4. The first-order chi connectivity index (χ1) is 18.5. The molecule has 2 aromatic heterocycles. The molecular weight excluding hydrogens is 520 g/mol. The molecule has 0 aliphatic carbocycles. The first-order valence-electron chi connectivity index (χ1n) is 11.8. The maximum atomic E-state index is 13.4. The molecule has 4 rings (SSSR count). The van der Waals surface area contributed by atoms with Crippen molar-refractivity contribution >= 4 is 29.4 Å². The van der Waals surface area contributed by atoms with Crippen molar-refractivity contribution in [2.24, 2.45) is 10.4 Å². The standard InChI is InChI=1S/C26H24F4N6O3/c1-15-7-19(36-21-4-3-18(27)8-20(21)26(28,29)30)11-33-22(15)12-34-24(38)25(5-6-39-14-25)13-35-23(37)17-9-31-16(2)32-10-17/h3-4,7-11,13,36H,5-6,12,14H2,1-2H3,(H,34,38)/t25-/m0/s1. The van der Waals surface area contributed by atoms with E-state index >= 15 is 0 Å².